The van der Waals surface area contributed by atoms with Crippen LogP contribution in [0.4, 0.5) is 0 Å². The predicted molar refractivity (Wildman–Crippen MR) is 119 cm³/mol. The lowest BCUT2D eigenvalue weighted by molar-refractivity contribution is 0.466. The van der Waals surface area contributed by atoms with Crippen LogP contribution in [-0.2, 0) is 25.8 Å². The Kier molecular flexibility index (Phi) is 8.90. The minimum Gasteiger partial charge on any atom is -0.469 e. The van der Waals surface area contributed by atoms with Gasteiger partial charge in [0.15, 0.2) is 5.96 Å². The van der Waals surface area contributed by atoms with Crippen molar-refractivity contribution in [1.29, 1.82) is 0 Å². The number of aryl methyl sites for hydroxylation is 2. The first-order chi connectivity index (χ1) is 12.3. The number of nitrogens with one attached hydrogen (secondary N) is 1. The van der Waals surface area contributed by atoms with Crippen molar-refractivity contribution in [2.75, 3.05) is 20.1 Å². The molecule has 2 aromatic heterocycles. The van der Waals surface area contributed by atoms with E-state index >= 15 is 0 Å². The number of nitrogens with zero attached hydrogens (tertiary/aromatic N) is 3. The highest BCUT2D eigenvalue weighted by Crippen LogP contribution is 2.27. The van der Waals surface area contributed by atoms with Crippen molar-refractivity contribution in [3.63, 3.8) is 0 Å². The summed E-state index contributed by atoms with van der Waals surface area (Å²) in [5.74, 6) is 1.94. The van der Waals surface area contributed by atoms with Gasteiger partial charge in [-0.1, -0.05) is 6.92 Å². The number of fused-ring (bicyclic) bond motifs is 1. The summed E-state index contributed by atoms with van der Waals surface area (Å²) >= 11 is 1.88. The predicted octanol–water partition coefficient (Wildman–Crippen LogP) is 4.26. The zero-order chi connectivity index (χ0) is 17.5. The molecule has 144 valence electrons. The molecule has 3 rings (SSSR count). The fourth-order valence-electron chi connectivity index (χ4n) is 3.03. The quantitative estimate of drug-likeness (QED) is 0.360. The molecule has 5 nitrogen and oxygen atoms in total. The second-order valence-electron chi connectivity index (χ2n) is 6.50. The van der Waals surface area contributed by atoms with Crippen LogP contribution >= 0.6 is 35.3 Å². The van der Waals surface area contributed by atoms with Crippen LogP contribution in [0, 0.1) is 0 Å². The molecule has 2 aromatic rings. The largest absolute Gasteiger partial charge is 0.469 e. The number of furan rings is 1. The molecule has 1 aliphatic carbocycles. The van der Waals surface area contributed by atoms with E-state index in [2.05, 4.69) is 24.2 Å². The van der Waals surface area contributed by atoms with Gasteiger partial charge in [-0.3, -0.25) is 4.99 Å². The van der Waals surface area contributed by atoms with E-state index in [1.165, 1.54) is 34.8 Å². The first-order valence-corrected chi connectivity index (χ1v) is 10.1. The summed E-state index contributed by atoms with van der Waals surface area (Å²) < 4.78 is 5.40. The van der Waals surface area contributed by atoms with Crippen molar-refractivity contribution >= 4 is 41.3 Å². The third kappa shape index (κ3) is 5.97. The number of aliphatic imine (C=N–C) groups is 1. The number of hydrogen-bond acceptors (Lipinski definition) is 4. The first-order valence-electron chi connectivity index (χ1n) is 9.25. The van der Waals surface area contributed by atoms with Crippen LogP contribution in [0.15, 0.2) is 27.8 Å². The average Bonchev–Trinajstić information content (AvgIpc) is 3.26. The summed E-state index contributed by atoms with van der Waals surface area (Å²) in [6, 6.07) is 3.94. The van der Waals surface area contributed by atoms with Gasteiger partial charge in [0.2, 0.25) is 0 Å². The van der Waals surface area contributed by atoms with Crippen LogP contribution in [0.25, 0.3) is 0 Å². The Morgan fingerprint density at radius 2 is 2.23 bits per heavy atom. The fraction of sp³-hybridized carbons (Fsp3) is 0.579. The SMILES string of the molecule is CCCN=C(NCCc1ccco1)N(C)Cc1nc2c(s1)CCCC2.I. The lowest BCUT2D eigenvalue weighted by Gasteiger charge is -2.21. The highest BCUT2D eigenvalue weighted by molar-refractivity contribution is 14.0. The average molecular weight is 488 g/mol. The summed E-state index contributed by atoms with van der Waals surface area (Å²) in [6.07, 6.45) is 8.56. The summed E-state index contributed by atoms with van der Waals surface area (Å²) in [5.41, 5.74) is 1.33. The van der Waals surface area contributed by atoms with Crippen molar-refractivity contribution in [2.45, 2.75) is 52.0 Å². The maximum Gasteiger partial charge on any atom is 0.194 e. The van der Waals surface area contributed by atoms with Crippen molar-refractivity contribution in [2.24, 2.45) is 4.99 Å². The number of rotatable bonds is 7. The van der Waals surface area contributed by atoms with Gasteiger partial charge in [0.25, 0.3) is 0 Å². The normalized spacial score (nSPS) is 13.8. The van der Waals surface area contributed by atoms with E-state index in [1.54, 1.807) is 6.26 Å². The van der Waals surface area contributed by atoms with Crippen molar-refractivity contribution in [1.82, 2.24) is 15.2 Å². The van der Waals surface area contributed by atoms with Gasteiger partial charge in [0.05, 0.1) is 18.5 Å². The van der Waals surface area contributed by atoms with Crippen LogP contribution < -0.4 is 5.32 Å². The molecule has 0 spiro atoms. The summed E-state index contributed by atoms with van der Waals surface area (Å²) in [5, 5.41) is 4.67. The molecule has 0 fully saturated rings. The minimum atomic E-state index is 0. The molecule has 0 amide bonds. The van der Waals surface area contributed by atoms with Gasteiger partial charge in [0.1, 0.15) is 10.8 Å². The van der Waals surface area contributed by atoms with Crippen LogP contribution in [0.1, 0.15) is 47.5 Å². The Morgan fingerprint density at radius 1 is 1.38 bits per heavy atom. The highest BCUT2D eigenvalue weighted by atomic mass is 127. The van der Waals surface area contributed by atoms with Crippen molar-refractivity contribution in [3.8, 4) is 0 Å². The molecule has 0 atom stereocenters. The van der Waals surface area contributed by atoms with E-state index in [0.717, 1.165) is 50.6 Å². The van der Waals surface area contributed by atoms with E-state index in [4.69, 9.17) is 14.4 Å². The van der Waals surface area contributed by atoms with Gasteiger partial charge in [-0.15, -0.1) is 35.3 Å². The van der Waals surface area contributed by atoms with Crippen LogP contribution in [0.5, 0.6) is 0 Å². The van der Waals surface area contributed by atoms with Crippen LogP contribution in [0.3, 0.4) is 0 Å². The van der Waals surface area contributed by atoms with Gasteiger partial charge < -0.3 is 14.6 Å². The second-order valence-corrected chi connectivity index (χ2v) is 7.67. The zero-order valence-electron chi connectivity index (χ0n) is 15.7. The molecule has 0 aromatic carbocycles. The lowest BCUT2D eigenvalue weighted by Crippen LogP contribution is -2.39. The summed E-state index contributed by atoms with van der Waals surface area (Å²) in [6.45, 7) is 4.61. The van der Waals surface area contributed by atoms with Crippen molar-refractivity contribution in [3.05, 3.63) is 39.7 Å². The standard InChI is InChI=1S/C19H28N4OS.HI/c1-3-11-20-19(21-12-10-15-7-6-13-24-15)23(2)14-18-22-16-8-4-5-9-17(16)25-18;/h6-7,13H,3-5,8-12,14H2,1-2H3,(H,20,21);1H. The molecule has 0 saturated carbocycles. The molecule has 0 saturated heterocycles. The molecule has 1 N–H and O–H groups in total. The molecular weight excluding hydrogens is 459 g/mol. The Bertz CT molecular complexity index is 660. The maximum absolute atomic E-state index is 5.40. The Hall–Kier alpha value is -1.09. The van der Waals surface area contributed by atoms with Crippen molar-refractivity contribution < 1.29 is 4.42 Å². The van der Waals surface area contributed by atoms with E-state index in [9.17, 15) is 0 Å². The Labute approximate surface area is 177 Å². The third-order valence-corrected chi connectivity index (χ3v) is 5.49. The van der Waals surface area contributed by atoms with E-state index in [0.29, 0.717) is 0 Å². The number of thiazole rings is 1. The number of hydrogen-bond donors (Lipinski definition) is 1. The van der Waals surface area contributed by atoms with Gasteiger partial charge in [-0.2, -0.15) is 0 Å². The zero-order valence-corrected chi connectivity index (χ0v) is 18.8. The molecule has 0 aliphatic heterocycles. The smallest absolute Gasteiger partial charge is 0.194 e. The molecule has 1 aliphatic rings. The number of halogens is 1. The molecular formula is C19H29IN4OS. The monoisotopic (exact) mass is 488 g/mol. The highest BCUT2D eigenvalue weighted by Gasteiger charge is 2.17. The summed E-state index contributed by atoms with van der Waals surface area (Å²) in [7, 11) is 2.09. The third-order valence-electron chi connectivity index (χ3n) is 4.34. The van der Waals surface area contributed by atoms with Gasteiger partial charge in [0, 0.05) is 31.4 Å². The minimum absolute atomic E-state index is 0. The molecule has 2 heterocycles. The fourth-order valence-corrected chi connectivity index (χ4v) is 4.24. The molecule has 0 bridgehead atoms. The Morgan fingerprint density at radius 3 is 2.96 bits per heavy atom. The topological polar surface area (TPSA) is 53.7 Å². The number of aromatic nitrogens is 1. The molecule has 0 unspecified atom stereocenters. The van der Waals surface area contributed by atoms with E-state index in [-0.39, 0.29) is 24.0 Å². The first kappa shape index (κ1) is 21.2. The van der Waals surface area contributed by atoms with Crippen LogP contribution in [-0.4, -0.2) is 36.0 Å². The second kappa shape index (κ2) is 10.9. The summed E-state index contributed by atoms with van der Waals surface area (Å²) in [4.78, 5) is 13.2. The van der Waals surface area contributed by atoms with E-state index < -0.39 is 0 Å². The Balaban J connectivity index is 0.00000243. The van der Waals surface area contributed by atoms with Gasteiger partial charge >= 0.3 is 0 Å². The molecule has 26 heavy (non-hydrogen) atoms. The van der Waals surface area contributed by atoms with Gasteiger partial charge in [-0.05, 0) is 44.2 Å². The van der Waals surface area contributed by atoms with E-state index in [1.807, 2.05) is 23.5 Å². The van der Waals surface area contributed by atoms with Gasteiger partial charge in [-0.25, -0.2) is 4.98 Å². The molecule has 7 heteroatoms. The van der Waals surface area contributed by atoms with Crippen LogP contribution in [0.2, 0.25) is 0 Å². The number of guanidine groups is 1. The molecule has 0 radical (unpaired) electrons. The lowest BCUT2D eigenvalue weighted by atomic mass is 10.0. The maximum atomic E-state index is 5.40.